The number of fused-ring (bicyclic) bond motifs is 1. The summed E-state index contributed by atoms with van der Waals surface area (Å²) in [6.45, 7) is 0.194. The van der Waals surface area contributed by atoms with E-state index in [2.05, 4.69) is 10.6 Å². The zero-order valence-electron chi connectivity index (χ0n) is 19.4. The summed E-state index contributed by atoms with van der Waals surface area (Å²) in [6.07, 6.45) is 0.523. The number of nitrogens with zero attached hydrogens (tertiary/aromatic N) is 1. The predicted octanol–water partition coefficient (Wildman–Crippen LogP) is 2.85. The molecule has 0 aromatic heterocycles. The van der Waals surface area contributed by atoms with Crippen molar-refractivity contribution in [3.8, 4) is 5.75 Å². The van der Waals surface area contributed by atoms with E-state index in [-0.39, 0.29) is 42.3 Å². The summed E-state index contributed by atoms with van der Waals surface area (Å²) in [5.74, 6) is -1.80. The number of aromatic hydroxyl groups is 1. The highest BCUT2D eigenvalue weighted by molar-refractivity contribution is 5.99. The van der Waals surface area contributed by atoms with Crippen LogP contribution in [0.15, 0.2) is 78.9 Å². The van der Waals surface area contributed by atoms with Gasteiger partial charge in [-0.25, -0.2) is 4.39 Å². The molecular weight excluding hydrogens is 461 g/mol. The van der Waals surface area contributed by atoms with Crippen molar-refractivity contribution in [3.05, 3.63) is 101 Å². The smallest absolute Gasteiger partial charge is 0.246 e. The van der Waals surface area contributed by atoms with E-state index in [1.54, 1.807) is 29.2 Å². The predicted molar refractivity (Wildman–Crippen MR) is 130 cm³/mol. The Bertz CT molecular complexity index is 1260. The van der Waals surface area contributed by atoms with Crippen LogP contribution in [0.4, 0.5) is 4.39 Å². The van der Waals surface area contributed by atoms with E-state index in [9.17, 15) is 23.9 Å². The number of halogens is 1. The van der Waals surface area contributed by atoms with Crippen LogP contribution in [0.2, 0.25) is 0 Å². The largest absolute Gasteiger partial charge is 0.508 e. The van der Waals surface area contributed by atoms with E-state index in [1.807, 2.05) is 30.3 Å². The third kappa shape index (κ3) is 4.66. The first-order valence-corrected chi connectivity index (χ1v) is 11.9. The lowest BCUT2D eigenvalue weighted by atomic mass is 9.92. The Balaban J connectivity index is 1.42. The Hall–Kier alpha value is -4.20. The molecule has 3 aromatic rings. The van der Waals surface area contributed by atoms with E-state index in [4.69, 9.17) is 0 Å². The fourth-order valence-corrected chi connectivity index (χ4v) is 5.13. The molecule has 0 saturated carbocycles. The molecule has 184 valence electrons. The van der Waals surface area contributed by atoms with E-state index >= 15 is 0 Å². The SMILES string of the molecule is O=C1N[C@@H](Cc2ccccc2)C(=O)N2[C@@H]1C[C@@H](C(=O)NCc1ccc(F)cc1)[C@H]2c1ccc(O)cc1. The van der Waals surface area contributed by atoms with Gasteiger partial charge in [0.15, 0.2) is 0 Å². The van der Waals surface area contributed by atoms with Crippen LogP contribution in [-0.2, 0) is 27.3 Å². The maximum absolute atomic E-state index is 13.7. The van der Waals surface area contributed by atoms with E-state index in [0.717, 1.165) is 11.1 Å². The van der Waals surface area contributed by atoms with Crippen LogP contribution in [0.5, 0.6) is 5.75 Å². The minimum Gasteiger partial charge on any atom is -0.508 e. The van der Waals surface area contributed by atoms with Gasteiger partial charge in [-0.3, -0.25) is 14.4 Å². The Morgan fingerprint density at radius 3 is 2.36 bits per heavy atom. The number of piperazine rings is 1. The minimum absolute atomic E-state index is 0.0651. The van der Waals surface area contributed by atoms with Crippen molar-refractivity contribution < 1.29 is 23.9 Å². The molecule has 4 atom stereocenters. The average molecular weight is 488 g/mol. The van der Waals surface area contributed by atoms with Gasteiger partial charge in [-0.05, 0) is 47.4 Å². The summed E-state index contributed by atoms with van der Waals surface area (Å²) in [5.41, 5.74) is 2.32. The van der Waals surface area contributed by atoms with Crippen molar-refractivity contribution in [2.24, 2.45) is 5.92 Å². The summed E-state index contributed by atoms with van der Waals surface area (Å²) >= 11 is 0. The van der Waals surface area contributed by atoms with Crippen LogP contribution in [0.1, 0.15) is 29.2 Å². The topological polar surface area (TPSA) is 98.7 Å². The van der Waals surface area contributed by atoms with Crippen LogP contribution in [-0.4, -0.2) is 39.8 Å². The van der Waals surface area contributed by atoms with Crippen molar-refractivity contribution >= 4 is 17.7 Å². The first-order chi connectivity index (χ1) is 17.4. The molecular formula is C28H26FN3O4. The summed E-state index contributed by atoms with van der Waals surface area (Å²) in [5, 5.41) is 15.5. The van der Waals surface area contributed by atoms with E-state index < -0.39 is 24.0 Å². The first-order valence-electron chi connectivity index (χ1n) is 11.9. The molecule has 0 radical (unpaired) electrons. The number of benzene rings is 3. The molecule has 2 saturated heterocycles. The molecule has 5 rings (SSSR count). The average Bonchev–Trinajstić information content (AvgIpc) is 3.29. The Morgan fingerprint density at radius 2 is 1.67 bits per heavy atom. The highest BCUT2D eigenvalue weighted by Crippen LogP contribution is 2.43. The summed E-state index contributed by atoms with van der Waals surface area (Å²) in [4.78, 5) is 41.7. The van der Waals surface area contributed by atoms with Crippen LogP contribution >= 0.6 is 0 Å². The van der Waals surface area contributed by atoms with Crippen molar-refractivity contribution in [2.45, 2.75) is 37.5 Å². The van der Waals surface area contributed by atoms with Crippen LogP contribution in [0.3, 0.4) is 0 Å². The third-order valence-corrected chi connectivity index (χ3v) is 6.90. The number of phenols is 1. The Kier molecular flexibility index (Phi) is 6.41. The van der Waals surface area contributed by atoms with Crippen molar-refractivity contribution in [1.29, 1.82) is 0 Å². The van der Waals surface area contributed by atoms with Crippen LogP contribution in [0.25, 0.3) is 0 Å². The van der Waals surface area contributed by atoms with Crippen LogP contribution in [0, 0.1) is 11.7 Å². The Morgan fingerprint density at radius 1 is 0.972 bits per heavy atom. The van der Waals surface area contributed by atoms with Crippen molar-refractivity contribution in [1.82, 2.24) is 15.5 Å². The molecule has 3 amide bonds. The number of phenolic OH excluding ortho intramolecular Hbond substituents is 1. The van der Waals surface area contributed by atoms with Gasteiger partial charge in [0.2, 0.25) is 17.7 Å². The summed E-state index contributed by atoms with van der Waals surface area (Å²) < 4.78 is 13.2. The number of amides is 3. The molecule has 0 unspecified atom stereocenters. The lowest BCUT2D eigenvalue weighted by Gasteiger charge is -2.38. The molecule has 8 heteroatoms. The van der Waals surface area contributed by atoms with E-state index in [1.165, 1.54) is 24.3 Å². The number of nitrogens with one attached hydrogen (secondary N) is 2. The van der Waals surface area contributed by atoms with Crippen LogP contribution < -0.4 is 10.6 Å². The van der Waals surface area contributed by atoms with Gasteiger partial charge in [-0.1, -0.05) is 54.6 Å². The van der Waals surface area contributed by atoms with Gasteiger partial charge in [-0.15, -0.1) is 0 Å². The van der Waals surface area contributed by atoms with Gasteiger partial charge in [0, 0.05) is 13.0 Å². The summed E-state index contributed by atoms with van der Waals surface area (Å²) in [6, 6.07) is 19.5. The quantitative estimate of drug-likeness (QED) is 0.498. The molecule has 2 heterocycles. The fourth-order valence-electron chi connectivity index (χ4n) is 5.13. The highest BCUT2D eigenvalue weighted by atomic mass is 19.1. The molecule has 2 fully saturated rings. The first kappa shape index (κ1) is 23.5. The zero-order chi connectivity index (χ0) is 25.2. The molecule has 3 N–H and O–H groups in total. The van der Waals surface area contributed by atoms with Crippen molar-refractivity contribution in [2.75, 3.05) is 0 Å². The number of carbonyl (C=O) groups excluding carboxylic acids is 3. The molecule has 0 spiro atoms. The second-order valence-electron chi connectivity index (χ2n) is 9.24. The number of hydrogen-bond acceptors (Lipinski definition) is 4. The maximum atomic E-state index is 13.7. The Labute approximate surface area is 207 Å². The number of carbonyl (C=O) groups is 3. The molecule has 3 aromatic carbocycles. The van der Waals surface area contributed by atoms with Gasteiger partial charge in [0.25, 0.3) is 0 Å². The maximum Gasteiger partial charge on any atom is 0.246 e. The lowest BCUT2D eigenvalue weighted by Crippen LogP contribution is -2.62. The third-order valence-electron chi connectivity index (χ3n) is 6.90. The van der Waals surface area contributed by atoms with Crippen molar-refractivity contribution in [3.63, 3.8) is 0 Å². The number of rotatable bonds is 6. The molecule has 0 aliphatic carbocycles. The van der Waals surface area contributed by atoms with Gasteiger partial charge < -0.3 is 20.6 Å². The standard InChI is InChI=1S/C28H26FN3O4/c29-20-10-6-18(7-11-20)16-30-26(34)22-15-24-27(35)31-23(14-17-4-2-1-3-5-17)28(36)32(24)25(22)19-8-12-21(33)13-9-19/h1-13,22-25,33H,14-16H2,(H,30,34)(H,31,35)/t22-,23+,24-,25-/m1/s1. The molecule has 2 aliphatic heterocycles. The fraction of sp³-hybridized carbons (Fsp3) is 0.250. The number of hydrogen-bond donors (Lipinski definition) is 3. The monoisotopic (exact) mass is 487 g/mol. The normalized spacial score (nSPS) is 23.2. The van der Waals surface area contributed by atoms with Gasteiger partial charge >= 0.3 is 0 Å². The second-order valence-corrected chi connectivity index (χ2v) is 9.24. The lowest BCUT2D eigenvalue weighted by molar-refractivity contribution is -0.149. The van der Waals surface area contributed by atoms with E-state index in [0.29, 0.717) is 12.0 Å². The highest BCUT2D eigenvalue weighted by Gasteiger charge is 2.54. The molecule has 0 bridgehead atoms. The van der Waals surface area contributed by atoms with Gasteiger partial charge in [0.1, 0.15) is 23.7 Å². The molecule has 2 aliphatic rings. The van der Waals surface area contributed by atoms with Gasteiger partial charge in [0.05, 0.1) is 12.0 Å². The second kappa shape index (κ2) is 9.81. The minimum atomic E-state index is -0.773. The van der Waals surface area contributed by atoms with Gasteiger partial charge in [-0.2, -0.15) is 0 Å². The molecule has 7 nitrogen and oxygen atoms in total. The summed E-state index contributed by atoms with van der Waals surface area (Å²) in [7, 11) is 0. The zero-order valence-corrected chi connectivity index (χ0v) is 19.4. The molecule has 36 heavy (non-hydrogen) atoms.